The van der Waals surface area contributed by atoms with Crippen LogP contribution in [0.3, 0.4) is 0 Å². The molecular weight excluding hydrogens is 284 g/mol. The van der Waals surface area contributed by atoms with E-state index < -0.39 is 0 Å². The Labute approximate surface area is 119 Å². The highest BCUT2D eigenvalue weighted by Gasteiger charge is 2.06. The van der Waals surface area contributed by atoms with Crippen LogP contribution < -0.4 is 10.6 Å². The second kappa shape index (κ2) is 5.93. The molecule has 4 N–H and O–H groups in total. The quantitative estimate of drug-likeness (QED) is 0.558. The maximum atomic E-state index is 4.26. The summed E-state index contributed by atoms with van der Waals surface area (Å²) in [7, 11) is 0. The summed E-state index contributed by atoms with van der Waals surface area (Å²) in [5.41, 5.74) is 0.783. The van der Waals surface area contributed by atoms with Crippen molar-refractivity contribution >= 4 is 36.1 Å². The summed E-state index contributed by atoms with van der Waals surface area (Å²) in [6.45, 7) is 1.86. The average Bonchev–Trinajstić information content (AvgIpc) is 3.01. The highest BCUT2D eigenvalue weighted by Crippen LogP contribution is 2.14. The van der Waals surface area contributed by atoms with Gasteiger partial charge in [0.1, 0.15) is 18.5 Å². The summed E-state index contributed by atoms with van der Waals surface area (Å²) in [5, 5.41) is 18.8. The highest BCUT2D eigenvalue weighted by molar-refractivity contribution is 5.85. The summed E-state index contributed by atoms with van der Waals surface area (Å²) >= 11 is 0. The Morgan fingerprint density at radius 2 is 1.55 bits per heavy atom. The van der Waals surface area contributed by atoms with E-state index in [4.69, 9.17) is 0 Å². The minimum atomic E-state index is 0. The van der Waals surface area contributed by atoms with E-state index >= 15 is 0 Å². The predicted octanol–water partition coefficient (Wildman–Crippen LogP) is 0.930. The Balaban J connectivity index is 0.00000147. The first-order chi connectivity index (χ1) is 9.29. The van der Waals surface area contributed by atoms with E-state index in [0.29, 0.717) is 23.7 Å². The molecule has 0 bridgehead atoms. The van der Waals surface area contributed by atoms with Crippen LogP contribution in [0.25, 0.3) is 0 Å². The van der Waals surface area contributed by atoms with Gasteiger partial charge in [-0.05, 0) is 6.92 Å². The normalized spacial score (nSPS) is 9.85. The van der Waals surface area contributed by atoms with Crippen LogP contribution in [0.4, 0.5) is 23.7 Å². The molecule has 0 unspecified atom stereocenters. The lowest BCUT2D eigenvalue weighted by atomic mass is 10.4. The zero-order valence-corrected chi connectivity index (χ0v) is 11.1. The lowest BCUT2D eigenvalue weighted by Crippen LogP contribution is -2.03. The average molecular weight is 295 g/mol. The van der Waals surface area contributed by atoms with Gasteiger partial charge in [0.2, 0.25) is 17.8 Å². The van der Waals surface area contributed by atoms with Gasteiger partial charge in [0.15, 0.2) is 0 Å². The van der Waals surface area contributed by atoms with Crippen molar-refractivity contribution < 1.29 is 0 Å². The molecule has 0 saturated carbocycles. The Bertz CT molecular complexity index is 595. The molecule has 0 atom stereocenters. The molecule has 0 aliphatic heterocycles. The molecule has 0 aliphatic rings. The van der Waals surface area contributed by atoms with Crippen LogP contribution in [0, 0.1) is 6.92 Å². The van der Waals surface area contributed by atoms with Gasteiger partial charge in [-0.2, -0.15) is 4.98 Å². The van der Waals surface area contributed by atoms with E-state index in [2.05, 4.69) is 51.0 Å². The van der Waals surface area contributed by atoms with E-state index in [0.717, 1.165) is 5.69 Å². The third-order valence-electron chi connectivity index (χ3n) is 2.15. The monoisotopic (exact) mass is 294 g/mol. The van der Waals surface area contributed by atoms with Crippen LogP contribution >= 0.6 is 12.4 Å². The van der Waals surface area contributed by atoms with Crippen LogP contribution in [-0.4, -0.2) is 40.3 Å². The fourth-order valence-corrected chi connectivity index (χ4v) is 1.44. The first kappa shape index (κ1) is 13.7. The molecule has 3 aromatic rings. The third-order valence-corrected chi connectivity index (χ3v) is 2.15. The number of hydrogen-bond donors (Lipinski definition) is 4. The Morgan fingerprint density at radius 1 is 0.900 bits per heavy atom. The number of halogens is 1. The molecular formula is C9H11ClN10. The van der Waals surface area contributed by atoms with Crippen LogP contribution in [0.5, 0.6) is 0 Å². The number of anilines is 4. The van der Waals surface area contributed by atoms with Crippen molar-refractivity contribution in [1.82, 2.24) is 40.3 Å². The van der Waals surface area contributed by atoms with Crippen molar-refractivity contribution in [3.05, 3.63) is 24.4 Å². The van der Waals surface area contributed by atoms with Crippen molar-refractivity contribution in [1.29, 1.82) is 0 Å². The Kier molecular flexibility index (Phi) is 4.05. The van der Waals surface area contributed by atoms with Crippen molar-refractivity contribution in [2.75, 3.05) is 10.6 Å². The summed E-state index contributed by atoms with van der Waals surface area (Å²) < 4.78 is 0. The summed E-state index contributed by atoms with van der Waals surface area (Å²) in [4.78, 5) is 16.4. The van der Waals surface area contributed by atoms with E-state index in [1.807, 2.05) is 6.92 Å². The molecule has 0 aliphatic carbocycles. The molecule has 20 heavy (non-hydrogen) atoms. The fraction of sp³-hybridized carbons (Fsp3) is 0.111. The van der Waals surface area contributed by atoms with Crippen molar-refractivity contribution in [2.24, 2.45) is 0 Å². The smallest absolute Gasteiger partial charge is 0.248 e. The number of aryl methyl sites for hydroxylation is 1. The molecule has 3 rings (SSSR count). The van der Waals surface area contributed by atoms with E-state index in [1.54, 1.807) is 6.07 Å². The summed E-state index contributed by atoms with van der Waals surface area (Å²) in [6.07, 6.45) is 2.94. The van der Waals surface area contributed by atoms with Gasteiger partial charge in [-0.1, -0.05) is 0 Å². The summed E-state index contributed by atoms with van der Waals surface area (Å²) in [6, 6.07) is 1.78. The van der Waals surface area contributed by atoms with Crippen molar-refractivity contribution in [3.63, 3.8) is 0 Å². The number of hydrogen-bond acceptors (Lipinski definition) is 8. The molecule has 0 spiro atoms. The zero-order chi connectivity index (χ0) is 13.1. The molecule has 0 radical (unpaired) electrons. The van der Waals surface area contributed by atoms with Gasteiger partial charge in [0.25, 0.3) is 0 Å². The molecule has 11 heteroatoms. The van der Waals surface area contributed by atoms with Gasteiger partial charge in [-0.15, -0.1) is 22.6 Å². The minimum Gasteiger partial charge on any atom is -0.307 e. The van der Waals surface area contributed by atoms with Crippen LogP contribution in [0.15, 0.2) is 18.7 Å². The van der Waals surface area contributed by atoms with Gasteiger partial charge in [-0.25, -0.2) is 15.0 Å². The molecule has 104 valence electrons. The largest absolute Gasteiger partial charge is 0.307 e. The van der Waals surface area contributed by atoms with Gasteiger partial charge in [0, 0.05) is 11.8 Å². The van der Waals surface area contributed by atoms with Gasteiger partial charge >= 0.3 is 0 Å². The number of H-pyrrole nitrogens is 2. The second-order valence-electron chi connectivity index (χ2n) is 3.61. The van der Waals surface area contributed by atoms with Gasteiger partial charge < -0.3 is 5.32 Å². The lowest BCUT2D eigenvalue weighted by Gasteiger charge is -2.05. The molecule has 0 saturated heterocycles. The molecule has 0 fully saturated rings. The first-order valence-corrected chi connectivity index (χ1v) is 5.41. The summed E-state index contributed by atoms with van der Waals surface area (Å²) in [5.74, 6) is 1.79. The van der Waals surface area contributed by atoms with Crippen LogP contribution in [0.2, 0.25) is 0 Å². The van der Waals surface area contributed by atoms with E-state index in [9.17, 15) is 0 Å². The molecule has 0 aromatic carbocycles. The number of rotatable bonds is 4. The Hall–Kier alpha value is -2.75. The lowest BCUT2D eigenvalue weighted by molar-refractivity contribution is 1.05. The Morgan fingerprint density at radius 3 is 2.15 bits per heavy atom. The van der Waals surface area contributed by atoms with Gasteiger partial charge in [0.05, 0.1) is 0 Å². The maximum Gasteiger partial charge on any atom is 0.248 e. The number of aromatic amines is 2. The van der Waals surface area contributed by atoms with Gasteiger partial charge in [-0.3, -0.25) is 15.5 Å². The van der Waals surface area contributed by atoms with Crippen LogP contribution in [0.1, 0.15) is 5.69 Å². The van der Waals surface area contributed by atoms with E-state index in [-0.39, 0.29) is 12.4 Å². The maximum absolute atomic E-state index is 4.26. The van der Waals surface area contributed by atoms with E-state index in [1.165, 1.54) is 12.7 Å². The van der Waals surface area contributed by atoms with Crippen molar-refractivity contribution in [2.45, 2.75) is 6.92 Å². The molecule has 0 amide bonds. The first-order valence-electron chi connectivity index (χ1n) is 5.41. The fourth-order valence-electron chi connectivity index (χ4n) is 1.44. The number of aromatic nitrogens is 8. The zero-order valence-electron chi connectivity index (χ0n) is 10.3. The number of nitrogens with zero attached hydrogens (tertiary/aromatic N) is 6. The molecule has 10 nitrogen and oxygen atoms in total. The minimum absolute atomic E-state index is 0. The second-order valence-corrected chi connectivity index (χ2v) is 3.61. The standard InChI is InChI=1S/C9H10N10.ClH/c1-5-2-6(15-7-10-3-12-18-7)16-9(14-5)17-8-11-4-13-19-8;/h2-4H,1H3,(H4,10,11,12,13,14,15,16,17,18,19);1H. The predicted molar refractivity (Wildman–Crippen MR) is 73.3 cm³/mol. The van der Waals surface area contributed by atoms with Crippen molar-refractivity contribution in [3.8, 4) is 0 Å². The molecule has 3 aromatic heterocycles. The topological polar surface area (TPSA) is 133 Å². The SMILES string of the molecule is Cc1cc(Nc2nc[nH]n2)nc(Nc2nc[nH]n2)n1.Cl. The highest BCUT2D eigenvalue weighted by atomic mass is 35.5. The third kappa shape index (κ3) is 3.17. The number of nitrogens with one attached hydrogen (secondary N) is 4. The molecule has 3 heterocycles. The van der Waals surface area contributed by atoms with Crippen LogP contribution in [-0.2, 0) is 0 Å².